The van der Waals surface area contributed by atoms with E-state index in [4.69, 9.17) is 9.47 Å². The fraction of sp³-hybridized carbons (Fsp3) is 0.500. The molecule has 1 aliphatic rings. The summed E-state index contributed by atoms with van der Waals surface area (Å²) in [6.45, 7) is 1.18. The molecule has 3 atom stereocenters. The number of rotatable bonds is 7. The molecule has 7 heteroatoms. The summed E-state index contributed by atoms with van der Waals surface area (Å²) in [6.07, 6.45) is 11.5. The number of amides is 1. The van der Waals surface area contributed by atoms with Gasteiger partial charge in [0, 0.05) is 37.5 Å². The van der Waals surface area contributed by atoms with Gasteiger partial charge in [0.05, 0.1) is 37.7 Å². The monoisotopic (exact) mass is 344 g/mol. The molecule has 0 bridgehead atoms. The number of hydrogen-bond acceptors (Lipinski definition) is 5. The molecule has 3 unspecified atom stereocenters. The van der Waals surface area contributed by atoms with Crippen LogP contribution in [-0.2, 0) is 9.47 Å². The van der Waals surface area contributed by atoms with Gasteiger partial charge in [0.1, 0.15) is 0 Å². The molecule has 1 amide bonds. The van der Waals surface area contributed by atoms with Gasteiger partial charge in [-0.05, 0) is 31.4 Å². The van der Waals surface area contributed by atoms with Crippen LogP contribution in [0.15, 0.2) is 43.2 Å². The van der Waals surface area contributed by atoms with E-state index in [0.717, 1.165) is 19.3 Å². The summed E-state index contributed by atoms with van der Waals surface area (Å²) in [6, 6.07) is 3.61. The number of carbonyl (C=O) groups is 1. The molecule has 2 aromatic heterocycles. The first kappa shape index (κ1) is 17.6. The lowest BCUT2D eigenvalue weighted by molar-refractivity contribution is -0.0158. The highest BCUT2D eigenvalue weighted by molar-refractivity contribution is 5.94. The molecule has 3 rings (SSSR count). The third kappa shape index (κ3) is 4.64. The third-order valence-electron chi connectivity index (χ3n) is 4.58. The van der Waals surface area contributed by atoms with E-state index in [1.165, 1.54) is 0 Å². The Morgan fingerprint density at radius 3 is 2.80 bits per heavy atom. The lowest BCUT2D eigenvalue weighted by Gasteiger charge is -2.37. The van der Waals surface area contributed by atoms with Crippen molar-refractivity contribution in [3.63, 3.8) is 0 Å². The van der Waals surface area contributed by atoms with Gasteiger partial charge >= 0.3 is 0 Å². The molecule has 1 saturated carbocycles. The van der Waals surface area contributed by atoms with Gasteiger partial charge in [-0.15, -0.1) is 0 Å². The molecule has 2 heterocycles. The van der Waals surface area contributed by atoms with Crippen LogP contribution in [0.25, 0.3) is 0 Å². The molecule has 2 aromatic rings. The molecule has 134 valence electrons. The molecular weight excluding hydrogens is 320 g/mol. The Bertz CT molecular complexity index is 648. The van der Waals surface area contributed by atoms with Crippen LogP contribution in [0.2, 0.25) is 0 Å². The van der Waals surface area contributed by atoms with E-state index in [9.17, 15) is 4.79 Å². The largest absolute Gasteiger partial charge is 0.382 e. The molecule has 0 radical (unpaired) electrons. The molecule has 0 spiro atoms. The smallest absolute Gasteiger partial charge is 0.251 e. The molecule has 25 heavy (non-hydrogen) atoms. The fourth-order valence-corrected chi connectivity index (χ4v) is 3.28. The summed E-state index contributed by atoms with van der Waals surface area (Å²) in [5, 5.41) is 3.17. The third-order valence-corrected chi connectivity index (χ3v) is 4.58. The maximum absolute atomic E-state index is 12.5. The Hall–Kier alpha value is -2.25. The van der Waals surface area contributed by atoms with Crippen molar-refractivity contribution in [1.29, 1.82) is 0 Å². The first-order valence-corrected chi connectivity index (χ1v) is 8.57. The Kier molecular flexibility index (Phi) is 6.14. The van der Waals surface area contributed by atoms with Gasteiger partial charge in [0.2, 0.25) is 0 Å². The quantitative estimate of drug-likeness (QED) is 0.776. The highest BCUT2D eigenvalue weighted by Crippen LogP contribution is 2.31. The zero-order valence-corrected chi connectivity index (χ0v) is 14.4. The SMILES string of the molecule is COCCOC1CCC(NC(=O)c2ccncc2)C(n2ccnc2)C1. The Labute approximate surface area is 147 Å². The standard InChI is InChI=1S/C18H24N4O3/c1-24-10-11-25-15-2-3-16(17(12-15)22-9-8-20-13-22)21-18(23)14-4-6-19-7-5-14/h4-9,13,15-17H,2-3,10-12H2,1H3,(H,21,23). The van der Waals surface area contributed by atoms with Crippen LogP contribution in [0.5, 0.6) is 0 Å². The minimum atomic E-state index is -0.0729. The van der Waals surface area contributed by atoms with Gasteiger partial charge < -0.3 is 19.4 Å². The number of ether oxygens (including phenoxy) is 2. The topological polar surface area (TPSA) is 78.3 Å². The number of hydrogen-bond donors (Lipinski definition) is 1. The van der Waals surface area contributed by atoms with E-state index in [2.05, 4.69) is 19.9 Å². The van der Waals surface area contributed by atoms with Crippen LogP contribution in [0, 0.1) is 0 Å². The van der Waals surface area contributed by atoms with Crippen molar-refractivity contribution in [2.75, 3.05) is 20.3 Å². The first-order chi connectivity index (χ1) is 12.3. The van der Waals surface area contributed by atoms with Gasteiger partial charge in [-0.3, -0.25) is 9.78 Å². The summed E-state index contributed by atoms with van der Waals surface area (Å²) in [7, 11) is 1.67. The Morgan fingerprint density at radius 1 is 1.24 bits per heavy atom. The van der Waals surface area contributed by atoms with E-state index >= 15 is 0 Å². The Morgan fingerprint density at radius 2 is 2.08 bits per heavy atom. The summed E-state index contributed by atoms with van der Waals surface area (Å²) in [5.74, 6) is -0.0729. The second-order valence-electron chi connectivity index (χ2n) is 6.19. The van der Waals surface area contributed by atoms with Crippen molar-refractivity contribution in [2.24, 2.45) is 0 Å². The zero-order valence-electron chi connectivity index (χ0n) is 14.4. The van der Waals surface area contributed by atoms with Crippen molar-refractivity contribution in [3.8, 4) is 0 Å². The Balaban J connectivity index is 1.66. The predicted molar refractivity (Wildman–Crippen MR) is 92.2 cm³/mol. The summed E-state index contributed by atoms with van der Waals surface area (Å²) in [5.41, 5.74) is 0.623. The summed E-state index contributed by atoms with van der Waals surface area (Å²) >= 11 is 0. The summed E-state index contributed by atoms with van der Waals surface area (Å²) in [4.78, 5) is 20.6. The number of pyridine rings is 1. The molecule has 1 aliphatic carbocycles. The molecule has 0 saturated heterocycles. The van der Waals surface area contributed by atoms with Crippen LogP contribution in [0.3, 0.4) is 0 Å². The van der Waals surface area contributed by atoms with Crippen LogP contribution in [-0.4, -0.2) is 52.9 Å². The van der Waals surface area contributed by atoms with E-state index in [0.29, 0.717) is 18.8 Å². The average molecular weight is 344 g/mol. The second kappa shape index (κ2) is 8.73. The van der Waals surface area contributed by atoms with Gasteiger partial charge in [0.15, 0.2) is 0 Å². The normalized spacial score (nSPS) is 23.3. The van der Waals surface area contributed by atoms with Gasteiger partial charge in [0.25, 0.3) is 5.91 Å². The highest BCUT2D eigenvalue weighted by Gasteiger charge is 2.33. The van der Waals surface area contributed by atoms with Crippen LogP contribution in [0.4, 0.5) is 0 Å². The van der Waals surface area contributed by atoms with E-state index in [1.54, 1.807) is 44.2 Å². The minimum Gasteiger partial charge on any atom is -0.382 e. The fourth-order valence-electron chi connectivity index (χ4n) is 3.28. The summed E-state index contributed by atoms with van der Waals surface area (Å²) < 4.78 is 13.0. The highest BCUT2D eigenvalue weighted by atomic mass is 16.5. The van der Waals surface area contributed by atoms with Crippen LogP contribution in [0.1, 0.15) is 35.7 Å². The molecule has 0 aromatic carbocycles. The van der Waals surface area contributed by atoms with Crippen LogP contribution >= 0.6 is 0 Å². The van der Waals surface area contributed by atoms with E-state index in [1.807, 2.05) is 6.20 Å². The van der Waals surface area contributed by atoms with Crippen molar-refractivity contribution >= 4 is 5.91 Å². The second-order valence-corrected chi connectivity index (χ2v) is 6.19. The molecule has 1 N–H and O–H groups in total. The molecule has 7 nitrogen and oxygen atoms in total. The molecular formula is C18H24N4O3. The lowest BCUT2D eigenvalue weighted by Crippen LogP contribution is -2.46. The number of nitrogens with zero attached hydrogens (tertiary/aromatic N) is 3. The molecule has 0 aliphatic heterocycles. The number of nitrogens with one attached hydrogen (secondary N) is 1. The number of methoxy groups -OCH3 is 1. The van der Waals surface area contributed by atoms with E-state index < -0.39 is 0 Å². The maximum Gasteiger partial charge on any atom is 0.251 e. The lowest BCUT2D eigenvalue weighted by atomic mass is 9.87. The minimum absolute atomic E-state index is 0.0390. The predicted octanol–water partition coefficient (Wildman–Crippen LogP) is 1.83. The van der Waals surface area contributed by atoms with E-state index in [-0.39, 0.29) is 24.1 Å². The number of aromatic nitrogens is 3. The number of carbonyl (C=O) groups excluding carboxylic acids is 1. The molecule has 1 fully saturated rings. The van der Waals surface area contributed by atoms with Crippen molar-refractivity contribution in [2.45, 2.75) is 37.5 Å². The number of imidazole rings is 1. The van der Waals surface area contributed by atoms with Crippen molar-refractivity contribution in [3.05, 3.63) is 48.8 Å². The van der Waals surface area contributed by atoms with Crippen molar-refractivity contribution < 1.29 is 14.3 Å². The van der Waals surface area contributed by atoms with Gasteiger partial charge in [-0.1, -0.05) is 0 Å². The first-order valence-electron chi connectivity index (χ1n) is 8.57. The van der Waals surface area contributed by atoms with Crippen molar-refractivity contribution in [1.82, 2.24) is 19.9 Å². The van der Waals surface area contributed by atoms with Gasteiger partial charge in [-0.25, -0.2) is 4.98 Å². The van der Waals surface area contributed by atoms with Crippen LogP contribution < -0.4 is 5.32 Å². The van der Waals surface area contributed by atoms with Gasteiger partial charge in [-0.2, -0.15) is 0 Å². The average Bonchev–Trinajstić information content (AvgIpc) is 3.18. The maximum atomic E-state index is 12.5. The zero-order chi connectivity index (χ0) is 17.5.